The smallest absolute Gasteiger partial charge is 0.0640 e. The van der Waals surface area contributed by atoms with Crippen LogP contribution in [0, 0.1) is 0 Å². The number of hydrogen-bond donors (Lipinski definition) is 1. The molecular weight excluding hydrogens is 328 g/mol. The topological polar surface area (TPSA) is 24.4 Å². The lowest BCUT2D eigenvalue weighted by molar-refractivity contribution is 1.37. The van der Waals surface area contributed by atoms with Crippen molar-refractivity contribution in [1.29, 1.82) is 0 Å². The van der Waals surface area contributed by atoms with Gasteiger partial charge < -0.3 is 0 Å². The van der Waals surface area contributed by atoms with E-state index in [1.54, 1.807) is 0 Å². The van der Waals surface area contributed by atoms with Crippen molar-refractivity contribution in [2.75, 3.05) is 5.43 Å². The van der Waals surface area contributed by atoms with E-state index < -0.39 is 0 Å². The molecule has 0 radical (unpaired) electrons. The maximum Gasteiger partial charge on any atom is 0.0640 e. The number of anilines is 1. The molecule has 0 aromatic heterocycles. The molecule has 2 heteroatoms. The van der Waals surface area contributed by atoms with Gasteiger partial charge in [-0.2, -0.15) is 5.10 Å². The quantitative estimate of drug-likeness (QED) is 0.222. The Bertz CT molecular complexity index is 1240. The predicted molar refractivity (Wildman–Crippen MR) is 117 cm³/mol. The summed E-state index contributed by atoms with van der Waals surface area (Å²) >= 11 is 0. The lowest BCUT2D eigenvalue weighted by atomic mass is 9.97. The first-order valence-electron chi connectivity index (χ1n) is 9.07. The summed E-state index contributed by atoms with van der Waals surface area (Å²) in [4.78, 5) is 0. The van der Waals surface area contributed by atoms with E-state index in [0.717, 1.165) is 11.3 Å². The van der Waals surface area contributed by atoms with Crippen molar-refractivity contribution < 1.29 is 0 Å². The zero-order valence-corrected chi connectivity index (χ0v) is 14.8. The van der Waals surface area contributed by atoms with Crippen molar-refractivity contribution in [2.24, 2.45) is 5.10 Å². The Morgan fingerprint density at radius 3 is 1.81 bits per heavy atom. The summed E-state index contributed by atoms with van der Waals surface area (Å²) in [7, 11) is 0. The molecule has 0 unspecified atom stereocenters. The Hall–Kier alpha value is -3.65. The average molecular weight is 346 g/mol. The van der Waals surface area contributed by atoms with Gasteiger partial charge in [-0.1, -0.05) is 84.9 Å². The van der Waals surface area contributed by atoms with E-state index in [1.807, 2.05) is 12.3 Å². The maximum absolute atomic E-state index is 4.59. The van der Waals surface area contributed by atoms with E-state index in [4.69, 9.17) is 0 Å². The first-order chi connectivity index (χ1) is 13.4. The van der Waals surface area contributed by atoms with Gasteiger partial charge in [0.25, 0.3) is 0 Å². The highest BCUT2D eigenvalue weighted by Crippen LogP contribution is 2.27. The Balaban J connectivity index is 1.61. The van der Waals surface area contributed by atoms with E-state index in [0.29, 0.717) is 0 Å². The minimum atomic E-state index is 1.01. The third-order valence-electron chi connectivity index (χ3n) is 4.98. The highest BCUT2D eigenvalue weighted by molar-refractivity contribution is 6.13. The number of hydrazone groups is 1. The lowest BCUT2D eigenvalue weighted by Gasteiger charge is -2.09. The highest BCUT2D eigenvalue weighted by atomic mass is 15.3. The largest absolute Gasteiger partial charge is 0.278 e. The van der Waals surface area contributed by atoms with Crippen LogP contribution in [0.5, 0.6) is 0 Å². The second-order valence-corrected chi connectivity index (χ2v) is 6.63. The molecule has 5 aromatic carbocycles. The minimum Gasteiger partial charge on any atom is -0.278 e. The normalized spacial score (nSPS) is 11.6. The van der Waals surface area contributed by atoms with E-state index in [1.165, 1.54) is 32.3 Å². The Kier molecular flexibility index (Phi) is 3.80. The summed E-state index contributed by atoms with van der Waals surface area (Å²) < 4.78 is 0. The van der Waals surface area contributed by atoms with Crippen LogP contribution in [-0.4, -0.2) is 6.21 Å². The summed E-state index contributed by atoms with van der Waals surface area (Å²) in [6.45, 7) is 0. The first-order valence-corrected chi connectivity index (χ1v) is 9.07. The summed E-state index contributed by atoms with van der Waals surface area (Å²) in [6, 6.07) is 33.7. The monoisotopic (exact) mass is 346 g/mol. The van der Waals surface area contributed by atoms with Crippen LogP contribution in [-0.2, 0) is 0 Å². The number of benzene rings is 5. The predicted octanol–water partition coefficient (Wildman–Crippen LogP) is 6.59. The van der Waals surface area contributed by atoms with Crippen LogP contribution in [0.25, 0.3) is 32.3 Å². The molecule has 1 N–H and O–H groups in total. The van der Waals surface area contributed by atoms with Crippen molar-refractivity contribution in [3.05, 3.63) is 103 Å². The van der Waals surface area contributed by atoms with Crippen LogP contribution in [0.3, 0.4) is 0 Å². The summed E-state index contributed by atoms with van der Waals surface area (Å²) in [5.74, 6) is 0. The number of rotatable bonds is 3. The number of hydrogen-bond acceptors (Lipinski definition) is 2. The Morgan fingerprint density at radius 2 is 1.11 bits per heavy atom. The van der Waals surface area contributed by atoms with Crippen LogP contribution in [0.4, 0.5) is 5.69 Å². The lowest BCUT2D eigenvalue weighted by Crippen LogP contribution is -1.94. The van der Waals surface area contributed by atoms with Crippen LogP contribution in [0.15, 0.2) is 102 Å². The first kappa shape index (κ1) is 15.6. The molecule has 0 bridgehead atoms. The number of fused-ring (bicyclic) bond motifs is 3. The molecular formula is C25H18N2. The standard InChI is InChI=1S/C25H18N2/c1-6-14-23-18(8-1)11-7-15-25(23)27-26-17-24-21-12-4-2-9-19(21)16-20-10-3-5-13-22(20)24/h1-17,27H/b26-17+. The molecule has 0 fully saturated rings. The van der Waals surface area contributed by atoms with E-state index in [2.05, 4.69) is 102 Å². The molecule has 0 heterocycles. The van der Waals surface area contributed by atoms with Crippen LogP contribution in [0.1, 0.15) is 5.56 Å². The molecule has 0 amide bonds. The van der Waals surface area contributed by atoms with E-state index >= 15 is 0 Å². The van der Waals surface area contributed by atoms with Gasteiger partial charge in [0, 0.05) is 10.9 Å². The van der Waals surface area contributed by atoms with Gasteiger partial charge in [0.05, 0.1) is 11.9 Å². The SMILES string of the molecule is C(=N\Nc1cccc2ccccc12)/c1c2ccccc2cc2ccccc12. The van der Waals surface area contributed by atoms with Crippen molar-refractivity contribution in [3.63, 3.8) is 0 Å². The van der Waals surface area contributed by atoms with Gasteiger partial charge in [-0.3, -0.25) is 5.43 Å². The molecule has 5 aromatic rings. The number of nitrogens with zero attached hydrogens (tertiary/aromatic N) is 1. The molecule has 0 atom stereocenters. The second-order valence-electron chi connectivity index (χ2n) is 6.63. The van der Waals surface area contributed by atoms with Crippen LogP contribution >= 0.6 is 0 Å². The molecule has 0 saturated heterocycles. The van der Waals surface area contributed by atoms with Crippen LogP contribution in [0.2, 0.25) is 0 Å². The summed E-state index contributed by atoms with van der Waals surface area (Å²) in [5, 5.41) is 11.8. The van der Waals surface area contributed by atoms with Crippen LogP contribution < -0.4 is 5.43 Å². The minimum absolute atomic E-state index is 1.01. The van der Waals surface area contributed by atoms with Gasteiger partial charge in [0.2, 0.25) is 0 Å². The summed E-state index contributed by atoms with van der Waals surface area (Å²) in [6.07, 6.45) is 1.94. The Labute approximate surface area is 157 Å². The van der Waals surface area contributed by atoms with Gasteiger partial charge >= 0.3 is 0 Å². The fraction of sp³-hybridized carbons (Fsp3) is 0. The molecule has 0 aliphatic rings. The molecule has 27 heavy (non-hydrogen) atoms. The number of nitrogens with one attached hydrogen (secondary N) is 1. The van der Waals surface area contributed by atoms with Gasteiger partial charge in [0.15, 0.2) is 0 Å². The van der Waals surface area contributed by atoms with E-state index in [-0.39, 0.29) is 0 Å². The molecule has 128 valence electrons. The molecule has 0 saturated carbocycles. The molecule has 0 aliphatic carbocycles. The second kappa shape index (κ2) is 6.58. The van der Waals surface area contributed by atoms with Crippen molar-refractivity contribution in [2.45, 2.75) is 0 Å². The summed E-state index contributed by atoms with van der Waals surface area (Å²) in [5.41, 5.74) is 5.38. The fourth-order valence-corrected chi connectivity index (χ4v) is 3.68. The zero-order valence-electron chi connectivity index (χ0n) is 14.8. The van der Waals surface area contributed by atoms with Crippen molar-refractivity contribution in [1.82, 2.24) is 0 Å². The van der Waals surface area contributed by atoms with Gasteiger partial charge in [-0.25, -0.2) is 0 Å². The van der Waals surface area contributed by atoms with Crippen molar-refractivity contribution >= 4 is 44.2 Å². The van der Waals surface area contributed by atoms with Crippen molar-refractivity contribution in [3.8, 4) is 0 Å². The third-order valence-corrected chi connectivity index (χ3v) is 4.98. The molecule has 2 nitrogen and oxygen atoms in total. The van der Waals surface area contributed by atoms with Gasteiger partial charge in [0.1, 0.15) is 0 Å². The Morgan fingerprint density at radius 1 is 0.556 bits per heavy atom. The highest BCUT2D eigenvalue weighted by Gasteiger charge is 2.05. The maximum atomic E-state index is 4.59. The molecule has 0 spiro atoms. The average Bonchev–Trinajstić information content (AvgIpc) is 2.73. The third kappa shape index (κ3) is 2.81. The van der Waals surface area contributed by atoms with Gasteiger partial charge in [-0.15, -0.1) is 0 Å². The molecule has 0 aliphatic heterocycles. The molecule has 5 rings (SSSR count). The van der Waals surface area contributed by atoms with E-state index in [9.17, 15) is 0 Å². The van der Waals surface area contributed by atoms with Gasteiger partial charge in [-0.05, 0) is 39.1 Å². The fourth-order valence-electron chi connectivity index (χ4n) is 3.68. The zero-order chi connectivity index (χ0) is 18.1.